The van der Waals surface area contributed by atoms with Gasteiger partial charge < -0.3 is 28.3 Å². The van der Waals surface area contributed by atoms with Crippen LogP contribution in [0.25, 0.3) is 0 Å². The second kappa shape index (κ2) is 10.5. The van der Waals surface area contributed by atoms with Crippen molar-refractivity contribution in [3.8, 4) is 23.0 Å². The van der Waals surface area contributed by atoms with E-state index in [0.29, 0.717) is 41.7 Å². The van der Waals surface area contributed by atoms with Crippen LogP contribution in [0.2, 0.25) is 0 Å². The zero-order chi connectivity index (χ0) is 24.1. The maximum Gasteiger partial charge on any atom is 0.268 e. The van der Waals surface area contributed by atoms with Gasteiger partial charge in [-0.2, -0.15) is 0 Å². The molecule has 34 heavy (non-hydrogen) atoms. The molecule has 180 valence electrons. The second-order valence-corrected chi connectivity index (χ2v) is 8.17. The lowest BCUT2D eigenvalue weighted by Gasteiger charge is -2.39. The van der Waals surface area contributed by atoms with Crippen molar-refractivity contribution in [2.45, 2.75) is 38.8 Å². The zero-order valence-electron chi connectivity index (χ0n) is 20.1. The van der Waals surface area contributed by atoms with Gasteiger partial charge in [-0.05, 0) is 42.3 Å². The number of furan rings is 1. The fourth-order valence-corrected chi connectivity index (χ4v) is 4.29. The number of hydrogen-bond donors (Lipinski definition) is 0. The summed E-state index contributed by atoms with van der Waals surface area (Å²) in [4.78, 5) is 15.4. The fraction of sp³-hybridized carbons (Fsp3) is 0.370. The first-order chi connectivity index (χ1) is 16.6. The first-order valence-corrected chi connectivity index (χ1v) is 11.6. The number of ether oxygens (including phenoxy) is 4. The molecule has 0 N–H and O–H groups in total. The minimum absolute atomic E-state index is 0.153. The van der Waals surface area contributed by atoms with Crippen LogP contribution in [0.1, 0.15) is 43.2 Å². The van der Waals surface area contributed by atoms with E-state index in [1.54, 1.807) is 31.4 Å². The van der Waals surface area contributed by atoms with E-state index in [-0.39, 0.29) is 12.5 Å². The molecule has 2 aromatic carbocycles. The molecule has 1 aromatic heterocycles. The van der Waals surface area contributed by atoms with Gasteiger partial charge in [0.15, 0.2) is 11.5 Å². The molecule has 3 heterocycles. The third-order valence-corrected chi connectivity index (χ3v) is 5.74. The summed E-state index contributed by atoms with van der Waals surface area (Å²) in [6.45, 7) is 4.92. The van der Waals surface area contributed by atoms with E-state index in [9.17, 15) is 4.79 Å². The number of hydrogen-bond acceptors (Lipinski definition) is 6. The van der Waals surface area contributed by atoms with Crippen molar-refractivity contribution in [1.29, 1.82) is 0 Å². The summed E-state index contributed by atoms with van der Waals surface area (Å²) in [5, 5.41) is 0. The van der Waals surface area contributed by atoms with Crippen molar-refractivity contribution in [1.82, 2.24) is 4.90 Å². The van der Waals surface area contributed by atoms with Crippen molar-refractivity contribution >= 4 is 5.91 Å². The van der Waals surface area contributed by atoms with Crippen molar-refractivity contribution in [3.63, 3.8) is 0 Å². The van der Waals surface area contributed by atoms with E-state index in [1.807, 2.05) is 42.5 Å². The number of methoxy groups -OCH3 is 2. The average Bonchev–Trinajstić information content (AvgIpc) is 3.41. The fourth-order valence-electron chi connectivity index (χ4n) is 4.29. The SMILES string of the molecule is CCC.COc1cc2c(c(OC)c1)C(c1ccco1)N(C(=O)C1COc3ccccc3O1)CC2. The predicted molar refractivity (Wildman–Crippen MR) is 128 cm³/mol. The first-order valence-electron chi connectivity index (χ1n) is 11.6. The molecule has 2 atom stereocenters. The number of benzene rings is 2. The van der Waals surface area contributed by atoms with E-state index in [0.717, 1.165) is 11.1 Å². The molecule has 5 rings (SSSR count). The van der Waals surface area contributed by atoms with E-state index in [4.69, 9.17) is 23.4 Å². The molecule has 2 aliphatic rings. The standard InChI is InChI=1S/C24H23NO6.C3H8/c1-27-16-12-15-9-10-25(23(19-8-5-11-29-19)22(15)20(13-16)28-2)24(26)21-14-30-17-6-3-4-7-18(17)31-21;1-3-2/h3-8,11-13,21,23H,9-10,14H2,1-2H3;3H2,1-2H3. The summed E-state index contributed by atoms with van der Waals surface area (Å²) < 4.78 is 28.7. The van der Waals surface area contributed by atoms with Gasteiger partial charge in [-0.1, -0.05) is 32.4 Å². The first kappa shape index (κ1) is 23.5. The van der Waals surface area contributed by atoms with Crippen LogP contribution in [0.3, 0.4) is 0 Å². The molecule has 0 spiro atoms. The van der Waals surface area contributed by atoms with E-state index >= 15 is 0 Å². The highest BCUT2D eigenvalue weighted by molar-refractivity contribution is 5.83. The Morgan fingerprint density at radius 3 is 2.50 bits per heavy atom. The van der Waals surface area contributed by atoms with Gasteiger partial charge in [-0.25, -0.2) is 0 Å². The van der Waals surface area contributed by atoms with Gasteiger partial charge in [0.2, 0.25) is 6.10 Å². The van der Waals surface area contributed by atoms with Crippen LogP contribution in [-0.2, 0) is 11.2 Å². The van der Waals surface area contributed by atoms with Crippen LogP contribution in [0.15, 0.2) is 59.2 Å². The lowest BCUT2D eigenvalue weighted by atomic mass is 9.89. The molecular formula is C27H31NO6. The predicted octanol–water partition coefficient (Wildman–Crippen LogP) is 5.03. The molecule has 0 saturated carbocycles. The molecule has 7 nitrogen and oxygen atoms in total. The molecule has 2 aliphatic heterocycles. The molecule has 1 amide bonds. The Labute approximate surface area is 200 Å². The summed E-state index contributed by atoms with van der Waals surface area (Å²) in [6.07, 6.45) is 2.78. The zero-order valence-corrected chi connectivity index (χ0v) is 20.1. The molecule has 7 heteroatoms. The summed E-state index contributed by atoms with van der Waals surface area (Å²) in [5.41, 5.74) is 1.96. The third-order valence-electron chi connectivity index (χ3n) is 5.74. The Morgan fingerprint density at radius 1 is 1.06 bits per heavy atom. The van der Waals surface area contributed by atoms with E-state index < -0.39 is 12.1 Å². The summed E-state index contributed by atoms with van der Waals surface area (Å²) in [6, 6.07) is 14.4. The maximum atomic E-state index is 13.6. The smallest absolute Gasteiger partial charge is 0.268 e. The molecule has 0 aliphatic carbocycles. The molecular weight excluding hydrogens is 434 g/mol. The molecule has 3 aromatic rings. The Kier molecular flexibility index (Phi) is 7.30. The van der Waals surface area contributed by atoms with Crippen LogP contribution in [-0.4, -0.2) is 44.3 Å². The number of nitrogens with zero attached hydrogens (tertiary/aromatic N) is 1. The minimum Gasteiger partial charge on any atom is -0.497 e. The Balaban J connectivity index is 0.000000868. The van der Waals surface area contributed by atoms with Gasteiger partial charge in [-0.3, -0.25) is 4.79 Å². The largest absolute Gasteiger partial charge is 0.497 e. The number of carbonyl (C=O) groups excluding carboxylic acids is 1. The number of para-hydroxylation sites is 2. The summed E-state index contributed by atoms with van der Waals surface area (Å²) in [5.74, 6) is 3.09. The lowest BCUT2D eigenvalue weighted by molar-refractivity contribution is -0.143. The quantitative estimate of drug-likeness (QED) is 0.538. The highest BCUT2D eigenvalue weighted by Crippen LogP contribution is 2.43. The highest BCUT2D eigenvalue weighted by Gasteiger charge is 2.41. The van der Waals surface area contributed by atoms with E-state index in [1.165, 1.54) is 6.42 Å². The third kappa shape index (κ3) is 4.55. The lowest BCUT2D eigenvalue weighted by Crippen LogP contribution is -2.50. The van der Waals surface area contributed by atoms with Crippen LogP contribution in [0, 0.1) is 0 Å². The normalized spacial score (nSPS) is 18.3. The van der Waals surface area contributed by atoms with Gasteiger partial charge in [0.25, 0.3) is 5.91 Å². The Morgan fingerprint density at radius 2 is 1.82 bits per heavy atom. The monoisotopic (exact) mass is 465 g/mol. The Bertz CT molecular complexity index is 1090. The Hall–Kier alpha value is -3.61. The molecule has 0 fully saturated rings. The van der Waals surface area contributed by atoms with Crippen molar-refractivity contribution in [3.05, 3.63) is 71.7 Å². The summed E-state index contributed by atoms with van der Waals surface area (Å²) >= 11 is 0. The molecule has 2 unspecified atom stereocenters. The van der Waals surface area contributed by atoms with Crippen molar-refractivity contribution in [2.75, 3.05) is 27.4 Å². The van der Waals surface area contributed by atoms with Gasteiger partial charge >= 0.3 is 0 Å². The van der Waals surface area contributed by atoms with Crippen molar-refractivity contribution in [2.24, 2.45) is 0 Å². The maximum absolute atomic E-state index is 13.6. The number of amides is 1. The van der Waals surface area contributed by atoms with Gasteiger partial charge in [0.1, 0.15) is 29.9 Å². The second-order valence-electron chi connectivity index (χ2n) is 8.17. The van der Waals surface area contributed by atoms with Crippen LogP contribution in [0.5, 0.6) is 23.0 Å². The molecule has 0 bridgehead atoms. The van der Waals surface area contributed by atoms with E-state index in [2.05, 4.69) is 13.8 Å². The molecule has 0 saturated heterocycles. The molecule has 0 radical (unpaired) electrons. The van der Waals surface area contributed by atoms with Gasteiger partial charge in [0.05, 0.1) is 20.5 Å². The highest BCUT2D eigenvalue weighted by atomic mass is 16.6. The van der Waals surface area contributed by atoms with Gasteiger partial charge in [0, 0.05) is 18.2 Å². The van der Waals surface area contributed by atoms with Crippen LogP contribution in [0.4, 0.5) is 0 Å². The van der Waals surface area contributed by atoms with Gasteiger partial charge in [-0.15, -0.1) is 0 Å². The number of carbonyl (C=O) groups is 1. The topological polar surface area (TPSA) is 70.4 Å². The van der Waals surface area contributed by atoms with Crippen LogP contribution >= 0.6 is 0 Å². The summed E-state index contributed by atoms with van der Waals surface area (Å²) in [7, 11) is 3.24. The average molecular weight is 466 g/mol. The minimum atomic E-state index is -0.738. The van der Waals surface area contributed by atoms with Crippen molar-refractivity contribution < 1.29 is 28.2 Å². The number of rotatable bonds is 4. The van der Waals surface area contributed by atoms with Crippen LogP contribution < -0.4 is 18.9 Å². The number of fused-ring (bicyclic) bond motifs is 2.